The second kappa shape index (κ2) is 6.21. The average Bonchev–Trinajstić information content (AvgIpc) is 2.86. The highest BCUT2D eigenvalue weighted by atomic mass is 16.4. The molecular formula is C14H21NO4. The summed E-state index contributed by atoms with van der Waals surface area (Å²) in [6, 6.07) is 3.14. The van der Waals surface area contributed by atoms with Gasteiger partial charge in [0.05, 0.1) is 12.1 Å². The number of rotatable bonds is 5. The summed E-state index contributed by atoms with van der Waals surface area (Å²) in [6.45, 7) is 2.77. The van der Waals surface area contributed by atoms with Gasteiger partial charge in [0.15, 0.2) is 0 Å². The molecule has 1 aromatic rings. The second-order valence-corrected chi connectivity index (χ2v) is 5.32. The first-order chi connectivity index (χ1) is 9.06. The van der Waals surface area contributed by atoms with Crippen molar-refractivity contribution in [1.82, 2.24) is 5.32 Å². The lowest BCUT2D eigenvalue weighted by atomic mass is 9.87. The van der Waals surface area contributed by atoms with Crippen LogP contribution >= 0.6 is 0 Å². The van der Waals surface area contributed by atoms with E-state index in [1.807, 2.05) is 6.92 Å². The highest BCUT2D eigenvalue weighted by Gasteiger charge is 2.21. The molecule has 1 fully saturated rings. The lowest BCUT2D eigenvalue weighted by Crippen LogP contribution is -2.30. The van der Waals surface area contributed by atoms with Crippen molar-refractivity contribution in [3.8, 4) is 0 Å². The molecule has 0 radical (unpaired) electrons. The standard InChI is InChI=1S/C14H21NO4/c1-9(12-5-6-13(19-12)14(17)18)15-8-10-3-2-4-11(16)7-10/h5-6,9-11,15-16H,2-4,7-8H2,1H3,(H,17,18). The fourth-order valence-corrected chi connectivity index (χ4v) is 2.59. The molecule has 5 nitrogen and oxygen atoms in total. The summed E-state index contributed by atoms with van der Waals surface area (Å²) in [4.78, 5) is 10.7. The number of furan rings is 1. The van der Waals surface area contributed by atoms with Gasteiger partial charge in [0, 0.05) is 0 Å². The summed E-state index contributed by atoms with van der Waals surface area (Å²) in [5, 5.41) is 21.8. The Labute approximate surface area is 112 Å². The van der Waals surface area contributed by atoms with Gasteiger partial charge >= 0.3 is 5.97 Å². The quantitative estimate of drug-likeness (QED) is 0.761. The van der Waals surface area contributed by atoms with E-state index in [-0.39, 0.29) is 17.9 Å². The van der Waals surface area contributed by atoms with Gasteiger partial charge in [-0.05, 0) is 50.8 Å². The molecule has 1 aliphatic rings. The Hall–Kier alpha value is -1.33. The van der Waals surface area contributed by atoms with E-state index in [9.17, 15) is 9.90 Å². The van der Waals surface area contributed by atoms with E-state index < -0.39 is 5.97 Å². The zero-order valence-electron chi connectivity index (χ0n) is 11.1. The topological polar surface area (TPSA) is 82.7 Å². The van der Waals surface area contributed by atoms with Gasteiger partial charge in [0.2, 0.25) is 5.76 Å². The maximum absolute atomic E-state index is 10.7. The lowest BCUT2D eigenvalue weighted by Gasteiger charge is -2.27. The van der Waals surface area contributed by atoms with Crippen LogP contribution in [-0.2, 0) is 0 Å². The predicted octanol–water partition coefficient (Wildman–Crippen LogP) is 2.18. The molecule has 5 heteroatoms. The van der Waals surface area contributed by atoms with Gasteiger partial charge in [-0.15, -0.1) is 0 Å². The van der Waals surface area contributed by atoms with Crippen LogP contribution in [0.4, 0.5) is 0 Å². The molecule has 0 saturated heterocycles. The number of aromatic carboxylic acids is 1. The van der Waals surface area contributed by atoms with E-state index in [1.54, 1.807) is 6.07 Å². The highest BCUT2D eigenvalue weighted by molar-refractivity contribution is 5.84. The Morgan fingerprint density at radius 3 is 2.95 bits per heavy atom. The van der Waals surface area contributed by atoms with Crippen molar-refractivity contribution < 1.29 is 19.4 Å². The zero-order chi connectivity index (χ0) is 13.8. The highest BCUT2D eigenvalue weighted by Crippen LogP contribution is 2.24. The molecule has 0 bridgehead atoms. The molecule has 106 valence electrons. The van der Waals surface area contributed by atoms with Crippen LogP contribution in [0.15, 0.2) is 16.5 Å². The molecule has 0 spiro atoms. The first-order valence-electron chi connectivity index (χ1n) is 6.80. The molecular weight excluding hydrogens is 246 g/mol. The molecule has 0 amide bonds. The van der Waals surface area contributed by atoms with Crippen molar-refractivity contribution in [2.24, 2.45) is 5.92 Å². The normalized spacial score (nSPS) is 25.2. The molecule has 2 rings (SSSR count). The maximum atomic E-state index is 10.7. The Balaban J connectivity index is 1.83. The molecule has 0 aromatic carbocycles. The predicted molar refractivity (Wildman–Crippen MR) is 70.0 cm³/mol. The molecule has 1 saturated carbocycles. The SMILES string of the molecule is CC(NCC1CCCC(O)C1)c1ccc(C(=O)O)o1. The number of aliphatic hydroxyl groups excluding tert-OH is 1. The van der Waals surface area contributed by atoms with Crippen LogP contribution in [0, 0.1) is 5.92 Å². The van der Waals surface area contributed by atoms with Gasteiger partial charge < -0.3 is 19.9 Å². The molecule has 19 heavy (non-hydrogen) atoms. The van der Waals surface area contributed by atoms with Crippen LogP contribution in [0.1, 0.15) is 55.0 Å². The van der Waals surface area contributed by atoms with Crippen LogP contribution in [0.2, 0.25) is 0 Å². The van der Waals surface area contributed by atoms with Crippen LogP contribution in [0.5, 0.6) is 0 Å². The first kappa shape index (κ1) is 14.1. The molecule has 1 aliphatic carbocycles. The average molecular weight is 267 g/mol. The number of hydrogen-bond donors (Lipinski definition) is 3. The molecule has 0 aliphatic heterocycles. The van der Waals surface area contributed by atoms with E-state index in [0.29, 0.717) is 11.7 Å². The molecule has 3 N–H and O–H groups in total. The number of carboxylic acid groups (broad SMARTS) is 1. The summed E-state index contributed by atoms with van der Waals surface area (Å²) in [5.41, 5.74) is 0. The van der Waals surface area contributed by atoms with Gasteiger partial charge in [0.1, 0.15) is 5.76 Å². The third kappa shape index (κ3) is 3.81. The van der Waals surface area contributed by atoms with Crippen molar-refractivity contribution in [1.29, 1.82) is 0 Å². The third-order valence-corrected chi connectivity index (χ3v) is 3.73. The molecule has 3 unspecified atom stereocenters. The Morgan fingerprint density at radius 1 is 1.53 bits per heavy atom. The zero-order valence-corrected chi connectivity index (χ0v) is 11.1. The summed E-state index contributed by atoms with van der Waals surface area (Å²) in [5.74, 6) is 0.0412. The fraction of sp³-hybridized carbons (Fsp3) is 0.643. The van der Waals surface area contributed by atoms with E-state index >= 15 is 0 Å². The third-order valence-electron chi connectivity index (χ3n) is 3.73. The summed E-state index contributed by atoms with van der Waals surface area (Å²) >= 11 is 0. The number of aliphatic hydroxyl groups is 1. The Morgan fingerprint density at radius 2 is 2.32 bits per heavy atom. The van der Waals surface area contributed by atoms with Crippen LogP contribution in [0.25, 0.3) is 0 Å². The maximum Gasteiger partial charge on any atom is 0.371 e. The smallest absolute Gasteiger partial charge is 0.371 e. The fourth-order valence-electron chi connectivity index (χ4n) is 2.59. The van der Waals surface area contributed by atoms with Crippen molar-refractivity contribution >= 4 is 5.97 Å². The van der Waals surface area contributed by atoms with Crippen LogP contribution in [-0.4, -0.2) is 28.8 Å². The molecule has 1 aromatic heterocycles. The second-order valence-electron chi connectivity index (χ2n) is 5.32. The summed E-state index contributed by atoms with van der Waals surface area (Å²) < 4.78 is 5.26. The summed E-state index contributed by atoms with van der Waals surface area (Å²) in [6.07, 6.45) is 3.80. The Kier molecular flexibility index (Phi) is 4.61. The van der Waals surface area contributed by atoms with Crippen LogP contribution in [0.3, 0.4) is 0 Å². The minimum Gasteiger partial charge on any atom is -0.475 e. The van der Waals surface area contributed by atoms with Gasteiger partial charge in [-0.1, -0.05) is 6.42 Å². The van der Waals surface area contributed by atoms with E-state index in [1.165, 1.54) is 6.07 Å². The molecule has 1 heterocycles. The van der Waals surface area contributed by atoms with Gasteiger partial charge in [-0.2, -0.15) is 0 Å². The lowest BCUT2D eigenvalue weighted by molar-refractivity contribution is 0.0658. The first-order valence-corrected chi connectivity index (χ1v) is 6.80. The van der Waals surface area contributed by atoms with Gasteiger partial charge in [-0.25, -0.2) is 4.79 Å². The van der Waals surface area contributed by atoms with Crippen LogP contribution < -0.4 is 5.32 Å². The number of nitrogens with one attached hydrogen (secondary N) is 1. The van der Waals surface area contributed by atoms with Gasteiger partial charge in [-0.3, -0.25) is 0 Å². The largest absolute Gasteiger partial charge is 0.475 e. The van der Waals surface area contributed by atoms with E-state index in [2.05, 4.69) is 5.32 Å². The van der Waals surface area contributed by atoms with Gasteiger partial charge in [0.25, 0.3) is 0 Å². The monoisotopic (exact) mass is 267 g/mol. The number of hydrogen-bond acceptors (Lipinski definition) is 4. The molecule has 3 atom stereocenters. The van der Waals surface area contributed by atoms with Crippen molar-refractivity contribution in [2.45, 2.75) is 44.8 Å². The van der Waals surface area contributed by atoms with E-state index in [0.717, 1.165) is 32.2 Å². The van der Waals surface area contributed by atoms with Crippen molar-refractivity contribution in [3.63, 3.8) is 0 Å². The van der Waals surface area contributed by atoms with Crippen molar-refractivity contribution in [3.05, 3.63) is 23.7 Å². The summed E-state index contributed by atoms with van der Waals surface area (Å²) in [7, 11) is 0. The Bertz CT molecular complexity index is 429. The minimum atomic E-state index is -1.05. The minimum absolute atomic E-state index is 0.0211. The number of carboxylic acids is 1. The number of carbonyl (C=O) groups is 1. The van der Waals surface area contributed by atoms with E-state index in [4.69, 9.17) is 9.52 Å². The van der Waals surface area contributed by atoms with Crippen molar-refractivity contribution in [2.75, 3.05) is 6.54 Å².